The van der Waals surface area contributed by atoms with Crippen molar-refractivity contribution >= 4 is 29.4 Å². The lowest BCUT2D eigenvalue weighted by atomic mass is 9.85. The van der Waals surface area contributed by atoms with Crippen LogP contribution in [0.1, 0.15) is 57.1 Å². The molecular weight excluding hydrogens is 342 g/mol. The number of halogens is 1. The molecule has 2 rings (SSSR count). The Morgan fingerprint density at radius 3 is 2.64 bits per heavy atom. The SMILES string of the molecule is COC(=O)/C(CC1CCCCC1)=N/C(=O)OC(C)c1cccc(Cl)c1. The fourth-order valence-electron chi connectivity index (χ4n) is 3.07. The molecule has 1 aliphatic rings. The summed E-state index contributed by atoms with van der Waals surface area (Å²) in [5, 5.41) is 0.566. The number of aliphatic imine (C=N–C) groups is 1. The summed E-state index contributed by atoms with van der Waals surface area (Å²) in [6.45, 7) is 1.73. The lowest BCUT2D eigenvalue weighted by Gasteiger charge is -2.21. The second-order valence-corrected chi connectivity index (χ2v) is 6.78. The topological polar surface area (TPSA) is 65.0 Å². The van der Waals surface area contributed by atoms with Gasteiger partial charge in [0.2, 0.25) is 0 Å². The van der Waals surface area contributed by atoms with E-state index >= 15 is 0 Å². The number of esters is 1. The van der Waals surface area contributed by atoms with Crippen LogP contribution < -0.4 is 0 Å². The van der Waals surface area contributed by atoms with Gasteiger partial charge in [-0.1, -0.05) is 55.8 Å². The summed E-state index contributed by atoms with van der Waals surface area (Å²) < 4.78 is 10.1. The predicted octanol–water partition coefficient (Wildman–Crippen LogP) is 5.12. The van der Waals surface area contributed by atoms with Crippen molar-refractivity contribution in [1.82, 2.24) is 0 Å². The second kappa shape index (κ2) is 9.56. The molecule has 136 valence electrons. The minimum Gasteiger partial charge on any atom is -0.465 e. The summed E-state index contributed by atoms with van der Waals surface area (Å²) >= 11 is 5.95. The molecule has 6 heteroatoms. The number of hydrogen-bond donors (Lipinski definition) is 0. The Morgan fingerprint density at radius 2 is 2.00 bits per heavy atom. The third-order valence-electron chi connectivity index (χ3n) is 4.45. The summed E-state index contributed by atoms with van der Waals surface area (Å²) in [6.07, 6.45) is 4.76. The standard InChI is InChI=1S/C19H24ClNO4/c1-13(15-9-6-10-16(20)12-15)25-19(23)21-17(18(22)24-2)11-14-7-4-3-5-8-14/h6,9-10,12-14H,3-5,7-8,11H2,1-2H3/b21-17+. The van der Waals surface area contributed by atoms with Crippen molar-refractivity contribution < 1.29 is 19.1 Å². The second-order valence-electron chi connectivity index (χ2n) is 6.34. The minimum atomic E-state index is -0.788. The summed E-state index contributed by atoms with van der Waals surface area (Å²) in [4.78, 5) is 28.0. The fourth-order valence-corrected chi connectivity index (χ4v) is 3.27. The number of ether oxygens (including phenoxy) is 2. The van der Waals surface area contributed by atoms with E-state index in [4.69, 9.17) is 21.1 Å². The van der Waals surface area contributed by atoms with E-state index in [1.165, 1.54) is 13.5 Å². The van der Waals surface area contributed by atoms with Crippen LogP contribution in [0.2, 0.25) is 5.02 Å². The van der Waals surface area contributed by atoms with Gasteiger partial charge < -0.3 is 9.47 Å². The molecule has 1 aromatic rings. The first-order valence-electron chi connectivity index (χ1n) is 8.61. The molecule has 0 bridgehead atoms. The molecule has 0 radical (unpaired) electrons. The van der Waals surface area contributed by atoms with Crippen molar-refractivity contribution in [3.63, 3.8) is 0 Å². The average Bonchev–Trinajstić information content (AvgIpc) is 2.61. The molecule has 1 amide bonds. The molecular formula is C19H24ClNO4. The van der Waals surface area contributed by atoms with Gasteiger partial charge in [-0.05, 0) is 30.5 Å². The molecule has 1 aromatic carbocycles. The first-order valence-corrected chi connectivity index (χ1v) is 8.99. The maximum Gasteiger partial charge on any atom is 0.434 e. The zero-order valence-electron chi connectivity index (χ0n) is 14.7. The minimum absolute atomic E-state index is 0.137. The van der Waals surface area contributed by atoms with Crippen LogP contribution in [0.3, 0.4) is 0 Å². The van der Waals surface area contributed by atoms with Crippen LogP contribution in [0.15, 0.2) is 29.3 Å². The Balaban J connectivity index is 2.03. The van der Waals surface area contributed by atoms with E-state index in [2.05, 4.69) is 4.99 Å². The molecule has 1 fully saturated rings. The zero-order valence-corrected chi connectivity index (χ0v) is 15.4. The number of rotatable bonds is 5. The molecule has 0 N–H and O–H groups in total. The molecule has 0 saturated heterocycles. The predicted molar refractivity (Wildman–Crippen MR) is 97.0 cm³/mol. The van der Waals surface area contributed by atoms with E-state index in [1.54, 1.807) is 25.1 Å². The summed E-state index contributed by atoms with van der Waals surface area (Å²) in [6, 6.07) is 7.08. The van der Waals surface area contributed by atoms with Crippen LogP contribution in [0, 0.1) is 5.92 Å². The molecule has 5 nitrogen and oxygen atoms in total. The Morgan fingerprint density at radius 1 is 1.28 bits per heavy atom. The highest BCUT2D eigenvalue weighted by Gasteiger charge is 2.22. The van der Waals surface area contributed by atoms with Gasteiger partial charge in [0.15, 0.2) is 0 Å². The first kappa shape index (κ1) is 19.4. The van der Waals surface area contributed by atoms with Crippen molar-refractivity contribution in [3.05, 3.63) is 34.9 Å². The Kier molecular flexibility index (Phi) is 7.44. The number of nitrogens with zero attached hydrogens (tertiary/aromatic N) is 1. The van der Waals surface area contributed by atoms with Crippen molar-refractivity contribution in [2.75, 3.05) is 7.11 Å². The van der Waals surface area contributed by atoms with Gasteiger partial charge in [-0.15, -0.1) is 0 Å². The Hall–Kier alpha value is -1.88. The number of methoxy groups -OCH3 is 1. The van der Waals surface area contributed by atoms with Crippen LogP contribution >= 0.6 is 11.6 Å². The average molecular weight is 366 g/mol. The maximum absolute atomic E-state index is 12.1. The number of benzene rings is 1. The summed E-state index contributed by atoms with van der Waals surface area (Å²) in [5.41, 5.74) is 0.903. The summed E-state index contributed by atoms with van der Waals surface area (Å²) in [7, 11) is 1.29. The highest BCUT2D eigenvalue weighted by molar-refractivity contribution is 6.37. The van der Waals surface area contributed by atoms with Crippen LogP contribution in [-0.2, 0) is 14.3 Å². The van der Waals surface area contributed by atoms with Gasteiger partial charge in [0.1, 0.15) is 11.8 Å². The normalized spacial score (nSPS) is 17.0. The van der Waals surface area contributed by atoms with Crippen molar-refractivity contribution in [3.8, 4) is 0 Å². The maximum atomic E-state index is 12.1. The molecule has 1 atom stereocenters. The largest absolute Gasteiger partial charge is 0.465 e. The van der Waals surface area contributed by atoms with E-state index < -0.39 is 18.2 Å². The molecule has 0 spiro atoms. The lowest BCUT2D eigenvalue weighted by molar-refractivity contribution is -0.132. The highest BCUT2D eigenvalue weighted by atomic mass is 35.5. The molecule has 1 unspecified atom stereocenters. The molecule has 0 aliphatic heterocycles. The van der Waals surface area contributed by atoms with Gasteiger partial charge in [-0.3, -0.25) is 0 Å². The number of hydrogen-bond acceptors (Lipinski definition) is 4. The van der Waals surface area contributed by atoms with Gasteiger partial charge in [-0.25, -0.2) is 9.59 Å². The molecule has 0 heterocycles. The van der Waals surface area contributed by atoms with Crippen LogP contribution in [0.5, 0.6) is 0 Å². The smallest absolute Gasteiger partial charge is 0.434 e. The number of carbonyl (C=O) groups excluding carboxylic acids is 2. The number of carbonyl (C=O) groups is 2. The van der Waals surface area contributed by atoms with Gasteiger partial charge in [0.25, 0.3) is 0 Å². The quantitative estimate of drug-likeness (QED) is 0.536. The highest BCUT2D eigenvalue weighted by Crippen LogP contribution is 2.27. The zero-order chi connectivity index (χ0) is 18.2. The molecule has 1 saturated carbocycles. The lowest BCUT2D eigenvalue weighted by Crippen LogP contribution is -2.22. The van der Waals surface area contributed by atoms with Crippen molar-refractivity contribution in [2.45, 2.75) is 51.6 Å². The summed E-state index contributed by atoms with van der Waals surface area (Å²) in [5.74, 6) is -0.206. The van der Waals surface area contributed by atoms with E-state index in [0.717, 1.165) is 31.2 Å². The van der Waals surface area contributed by atoms with Crippen molar-refractivity contribution in [1.29, 1.82) is 0 Å². The third kappa shape index (κ3) is 6.16. The van der Waals surface area contributed by atoms with Gasteiger partial charge in [0, 0.05) is 11.4 Å². The van der Waals surface area contributed by atoms with E-state index in [9.17, 15) is 9.59 Å². The molecule has 0 aromatic heterocycles. The van der Waals surface area contributed by atoms with Gasteiger partial charge >= 0.3 is 12.1 Å². The van der Waals surface area contributed by atoms with E-state index in [0.29, 0.717) is 17.4 Å². The number of amides is 1. The van der Waals surface area contributed by atoms with Gasteiger partial charge in [0.05, 0.1) is 7.11 Å². The van der Waals surface area contributed by atoms with Crippen LogP contribution in [0.4, 0.5) is 4.79 Å². The van der Waals surface area contributed by atoms with Crippen LogP contribution in [0.25, 0.3) is 0 Å². The monoisotopic (exact) mass is 365 g/mol. The Bertz CT molecular complexity index is 638. The van der Waals surface area contributed by atoms with Gasteiger partial charge in [-0.2, -0.15) is 4.99 Å². The van der Waals surface area contributed by atoms with E-state index in [-0.39, 0.29) is 5.71 Å². The molecule has 25 heavy (non-hydrogen) atoms. The first-order chi connectivity index (χ1) is 12.0. The van der Waals surface area contributed by atoms with Crippen LogP contribution in [-0.4, -0.2) is 24.9 Å². The van der Waals surface area contributed by atoms with Crippen molar-refractivity contribution in [2.24, 2.45) is 10.9 Å². The van der Waals surface area contributed by atoms with E-state index in [1.807, 2.05) is 6.07 Å². The Labute approximate surface area is 153 Å². The fraction of sp³-hybridized carbons (Fsp3) is 0.526. The molecule has 1 aliphatic carbocycles. The third-order valence-corrected chi connectivity index (χ3v) is 4.68.